The molecule has 0 radical (unpaired) electrons. The molecule has 1 atom stereocenters. The zero-order valence-corrected chi connectivity index (χ0v) is 11.1. The lowest BCUT2D eigenvalue weighted by Crippen LogP contribution is -2.21. The summed E-state index contributed by atoms with van der Waals surface area (Å²) < 4.78 is 9.99. The average molecular weight is 262 g/mol. The zero-order chi connectivity index (χ0) is 13.7. The molecule has 1 heterocycles. The number of aliphatic hydroxyl groups excluding tert-OH is 1. The Labute approximate surface area is 112 Å². The van der Waals surface area contributed by atoms with Gasteiger partial charge in [0, 0.05) is 24.7 Å². The van der Waals surface area contributed by atoms with E-state index in [0.29, 0.717) is 18.8 Å². The summed E-state index contributed by atoms with van der Waals surface area (Å²) in [6.07, 6.45) is 0.901. The normalized spacial score (nSPS) is 12.4. The second-order valence-corrected chi connectivity index (χ2v) is 4.38. The molecule has 0 fully saturated rings. The molecule has 0 aliphatic rings. The average Bonchev–Trinajstić information content (AvgIpc) is 2.91. The Bertz CT molecular complexity index is 511. The number of hydrogen-bond acceptors (Lipinski definition) is 5. The van der Waals surface area contributed by atoms with E-state index in [1.165, 1.54) is 6.26 Å². The third kappa shape index (κ3) is 3.56. The van der Waals surface area contributed by atoms with Gasteiger partial charge in [-0.15, -0.1) is 0 Å². The highest BCUT2D eigenvalue weighted by Crippen LogP contribution is 2.25. The first kappa shape index (κ1) is 13.6. The molecule has 0 saturated heterocycles. The van der Waals surface area contributed by atoms with Crippen molar-refractivity contribution < 1.29 is 14.4 Å². The van der Waals surface area contributed by atoms with E-state index in [4.69, 9.17) is 9.26 Å². The van der Waals surface area contributed by atoms with Crippen LogP contribution in [0.1, 0.15) is 22.9 Å². The summed E-state index contributed by atoms with van der Waals surface area (Å²) in [6, 6.07) is 7.54. The van der Waals surface area contributed by atoms with Crippen molar-refractivity contribution in [3.05, 3.63) is 47.3 Å². The number of aryl methyl sites for hydroxylation is 1. The van der Waals surface area contributed by atoms with Gasteiger partial charge in [-0.05, 0) is 19.1 Å². The van der Waals surface area contributed by atoms with Crippen LogP contribution in [0.25, 0.3) is 0 Å². The maximum atomic E-state index is 10.2. The van der Waals surface area contributed by atoms with Gasteiger partial charge in [0.05, 0.1) is 18.9 Å². The second-order valence-electron chi connectivity index (χ2n) is 4.38. The van der Waals surface area contributed by atoms with E-state index >= 15 is 0 Å². The molecule has 0 spiro atoms. The van der Waals surface area contributed by atoms with Gasteiger partial charge < -0.3 is 19.7 Å². The van der Waals surface area contributed by atoms with Crippen LogP contribution in [0.15, 0.2) is 35.1 Å². The fourth-order valence-electron chi connectivity index (χ4n) is 1.89. The summed E-state index contributed by atoms with van der Waals surface area (Å²) in [5.41, 5.74) is 2.69. The fraction of sp³-hybridized carbons (Fsp3) is 0.357. The van der Waals surface area contributed by atoms with Crippen LogP contribution in [-0.4, -0.2) is 23.9 Å². The molecule has 0 saturated carbocycles. The van der Waals surface area contributed by atoms with Crippen LogP contribution in [0, 0.1) is 6.92 Å². The highest BCUT2D eigenvalue weighted by molar-refractivity contribution is 5.38. The predicted molar refractivity (Wildman–Crippen MR) is 70.9 cm³/mol. The summed E-state index contributed by atoms with van der Waals surface area (Å²) in [6.45, 7) is 2.97. The van der Waals surface area contributed by atoms with E-state index in [2.05, 4.69) is 10.5 Å². The molecule has 1 aromatic heterocycles. The van der Waals surface area contributed by atoms with Gasteiger partial charge in [-0.25, -0.2) is 0 Å². The van der Waals surface area contributed by atoms with E-state index in [0.717, 1.165) is 16.8 Å². The highest BCUT2D eigenvalue weighted by atomic mass is 16.5. The molecule has 5 heteroatoms. The maximum Gasteiger partial charge on any atom is 0.124 e. The molecule has 5 nitrogen and oxygen atoms in total. The standard InChI is InChI=1S/C14H18N2O3/c1-10-3-4-14(18-2)12(7-10)13(17)9-15-8-11-5-6-19-16-11/h3-7,13,15,17H,8-9H2,1-2H3. The minimum absolute atomic E-state index is 0.423. The molecule has 2 aromatic rings. The topological polar surface area (TPSA) is 67.5 Å². The van der Waals surface area contributed by atoms with Gasteiger partial charge in [-0.2, -0.15) is 0 Å². The molecule has 2 rings (SSSR count). The molecule has 102 valence electrons. The van der Waals surface area contributed by atoms with E-state index in [-0.39, 0.29) is 0 Å². The second kappa shape index (κ2) is 6.36. The largest absolute Gasteiger partial charge is 0.496 e. The molecule has 19 heavy (non-hydrogen) atoms. The van der Waals surface area contributed by atoms with Crippen LogP contribution in [0.3, 0.4) is 0 Å². The van der Waals surface area contributed by atoms with Crippen molar-refractivity contribution in [1.29, 1.82) is 0 Å². The number of nitrogens with one attached hydrogen (secondary N) is 1. The number of benzene rings is 1. The highest BCUT2D eigenvalue weighted by Gasteiger charge is 2.13. The van der Waals surface area contributed by atoms with Crippen LogP contribution in [0.5, 0.6) is 5.75 Å². The van der Waals surface area contributed by atoms with Crippen LogP contribution in [0.2, 0.25) is 0 Å². The Balaban J connectivity index is 1.95. The molecule has 0 amide bonds. The zero-order valence-electron chi connectivity index (χ0n) is 11.1. The quantitative estimate of drug-likeness (QED) is 0.831. The third-order valence-corrected chi connectivity index (χ3v) is 2.88. The van der Waals surface area contributed by atoms with E-state index < -0.39 is 6.10 Å². The maximum absolute atomic E-state index is 10.2. The number of methoxy groups -OCH3 is 1. The van der Waals surface area contributed by atoms with Crippen LogP contribution >= 0.6 is 0 Å². The lowest BCUT2D eigenvalue weighted by Gasteiger charge is -2.15. The number of nitrogens with zero attached hydrogens (tertiary/aromatic N) is 1. The Hall–Kier alpha value is -1.85. The first-order valence-electron chi connectivity index (χ1n) is 6.13. The molecular weight excluding hydrogens is 244 g/mol. The van der Waals surface area contributed by atoms with E-state index in [1.807, 2.05) is 25.1 Å². The Kier molecular flexibility index (Phi) is 4.54. The van der Waals surface area contributed by atoms with Gasteiger partial charge in [-0.3, -0.25) is 0 Å². The van der Waals surface area contributed by atoms with Crippen LogP contribution in [0.4, 0.5) is 0 Å². The molecule has 0 aliphatic heterocycles. The van der Waals surface area contributed by atoms with Gasteiger partial charge in [0.2, 0.25) is 0 Å². The predicted octanol–water partition coefficient (Wildman–Crippen LogP) is 1.81. The molecule has 2 N–H and O–H groups in total. The lowest BCUT2D eigenvalue weighted by atomic mass is 10.1. The third-order valence-electron chi connectivity index (χ3n) is 2.88. The van der Waals surface area contributed by atoms with Crippen molar-refractivity contribution in [2.75, 3.05) is 13.7 Å². The van der Waals surface area contributed by atoms with Crippen LogP contribution < -0.4 is 10.1 Å². The number of ether oxygens (including phenoxy) is 1. The van der Waals surface area contributed by atoms with Gasteiger partial charge in [0.1, 0.15) is 12.0 Å². The number of rotatable bonds is 6. The summed E-state index contributed by atoms with van der Waals surface area (Å²) in [4.78, 5) is 0. The Morgan fingerprint density at radius 3 is 2.95 bits per heavy atom. The Morgan fingerprint density at radius 1 is 1.42 bits per heavy atom. The summed E-state index contributed by atoms with van der Waals surface area (Å²) in [5.74, 6) is 0.696. The minimum atomic E-state index is -0.623. The van der Waals surface area contributed by atoms with Crippen molar-refractivity contribution in [2.24, 2.45) is 0 Å². The minimum Gasteiger partial charge on any atom is -0.496 e. The summed E-state index contributed by atoms with van der Waals surface area (Å²) >= 11 is 0. The van der Waals surface area contributed by atoms with Crippen molar-refractivity contribution in [2.45, 2.75) is 19.6 Å². The SMILES string of the molecule is COc1ccc(C)cc1C(O)CNCc1ccon1. The summed E-state index contributed by atoms with van der Waals surface area (Å²) in [5, 5.41) is 17.1. The molecular formula is C14H18N2O3. The van der Waals surface area contributed by atoms with Crippen molar-refractivity contribution in [3.63, 3.8) is 0 Å². The molecule has 0 bridgehead atoms. The van der Waals surface area contributed by atoms with Crippen LogP contribution in [-0.2, 0) is 6.54 Å². The van der Waals surface area contributed by atoms with Crippen molar-refractivity contribution >= 4 is 0 Å². The fourth-order valence-corrected chi connectivity index (χ4v) is 1.89. The first-order valence-corrected chi connectivity index (χ1v) is 6.13. The smallest absolute Gasteiger partial charge is 0.124 e. The van der Waals surface area contributed by atoms with Gasteiger partial charge >= 0.3 is 0 Å². The number of hydrogen-bond donors (Lipinski definition) is 2. The first-order chi connectivity index (χ1) is 9.20. The van der Waals surface area contributed by atoms with Crippen molar-refractivity contribution in [3.8, 4) is 5.75 Å². The van der Waals surface area contributed by atoms with E-state index in [9.17, 15) is 5.11 Å². The Morgan fingerprint density at radius 2 is 2.26 bits per heavy atom. The number of aromatic nitrogens is 1. The molecule has 1 unspecified atom stereocenters. The summed E-state index contributed by atoms with van der Waals surface area (Å²) in [7, 11) is 1.60. The van der Waals surface area contributed by atoms with Gasteiger partial charge in [-0.1, -0.05) is 16.8 Å². The van der Waals surface area contributed by atoms with E-state index in [1.54, 1.807) is 13.2 Å². The van der Waals surface area contributed by atoms with Gasteiger partial charge in [0.25, 0.3) is 0 Å². The monoisotopic (exact) mass is 262 g/mol. The number of aliphatic hydroxyl groups is 1. The molecule has 0 aliphatic carbocycles. The van der Waals surface area contributed by atoms with Crippen molar-refractivity contribution in [1.82, 2.24) is 10.5 Å². The molecule has 1 aromatic carbocycles. The van der Waals surface area contributed by atoms with Gasteiger partial charge in [0.15, 0.2) is 0 Å². The lowest BCUT2D eigenvalue weighted by molar-refractivity contribution is 0.169.